The lowest BCUT2D eigenvalue weighted by Crippen LogP contribution is -2.25. The van der Waals surface area contributed by atoms with Crippen molar-refractivity contribution in [3.63, 3.8) is 0 Å². The molecule has 0 N–H and O–H groups in total. The van der Waals surface area contributed by atoms with Gasteiger partial charge < -0.3 is 9.47 Å². The van der Waals surface area contributed by atoms with Gasteiger partial charge in [-0.25, -0.2) is 0 Å². The highest BCUT2D eigenvalue weighted by Gasteiger charge is 2.42. The van der Waals surface area contributed by atoms with E-state index in [1.807, 2.05) is 0 Å². The van der Waals surface area contributed by atoms with E-state index in [2.05, 4.69) is 266 Å². The molecular weight excluding hydrogens is 833 g/mol. The molecule has 0 spiro atoms. The van der Waals surface area contributed by atoms with Crippen LogP contribution in [-0.4, -0.2) is 4.57 Å². The summed E-state index contributed by atoms with van der Waals surface area (Å²) >= 11 is 0. The lowest BCUT2D eigenvalue weighted by atomic mass is 9.71. The van der Waals surface area contributed by atoms with Crippen LogP contribution in [0.25, 0.3) is 83.1 Å². The second-order valence-corrected chi connectivity index (χ2v) is 18.7. The van der Waals surface area contributed by atoms with E-state index in [0.717, 1.165) is 42.7 Å². The van der Waals surface area contributed by atoms with Crippen molar-refractivity contribution in [1.29, 1.82) is 0 Å². The van der Waals surface area contributed by atoms with Crippen LogP contribution < -0.4 is 4.90 Å². The van der Waals surface area contributed by atoms with Crippen LogP contribution in [0.1, 0.15) is 50.7 Å². The molecule has 11 aromatic rings. The Hall–Kier alpha value is -8.20. The topological polar surface area (TPSA) is 8.17 Å². The number of nitrogens with zero attached hydrogens (tertiary/aromatic N) is 2. The largest absolute Gasteiger partial charge is 0.310 e. The van der Waals surface area contributed by atoms with Crippen LogP contribution in [0.2, 0.25) is 0 Å². The highest BCUT2D eigenvalue weighted by Crippen LogP contribution is 2.56. The SMILES string of the molecule is CCCC1(CCC)c2cc(N(c3cc(-c4ccccc4)cc(-c4ccccc4)c3)c3cc(-c4ccccc4)cc(-c4ccccc4)c3)ccc2-c2ccc(-n3c4ccccc4c4ccccc43)cc21. The fraction of sp³-hybridized carbons (Fsp3) is 0.104. The Morgan fingerprint density at radius 3 is 1.13 bits per heavy atom. The molecule has 10 aromatic carbocycles. The first-order valence-corrected chi connectivity index (χ1v) is 24.7. The number of benzene rings is 10. The molecule has 69 heavy (non-hydrogen) atoms. The molecule has 2 heteroatoms. The first kappa shape index (κ1) is 42.2. The standard InChI is InChI=1S/C67H54N2/c1-3-37-67(38-4-2)63-45-55(33-35-59(63)60-36-34-56(46-64(60)67)69-65-31-19-17-29-61(65)62-30-18-20-32-66(62)69)68(57-41-51(47-21-9-5-10-22-47)39-52(42-57)48-23-11-6-12-24-48)58-43-53(49-25-13-7-14-26-49)40-54(44-58)50-27-15-8-16-28-50/h5-36,39-46H,3-4,37-38H2,1-2H3. The molecule has 0 amide bonds. The van der Waals surface area contributed by atoms with E-state index in [1.165, 1.54) is 94.3 Å². The van der Waals surface area contributed by atoms with Gasteiger partial charge in [-0.15, -0.1) is 0 Å². The van der Waals surface area contributed by atoms with Crippen molar-refractivity contribution in [1.82, 2.24) is 4.57 Å². The smallest absolute Gasteiger partial charge is 0.0541 e. The zero-order valence-electron chi connectivity index (χ0n) is 39.3. The molecule has 12 rings (SSSR count). The minimum absolute atomic E-state index is 0.174. The molecular formula is C67H54N2. The zero-order chi connectivity index (χ0) is 46.3. The highest BCUT2D eigenvalue weighted by atomic mass is 15.1. The maximum Gasteiger partial charge on any atom is 0.0541 e. The molecule has 1 aromatic heterocycles. The van der Waals surface area contributed by atoms with E-state index in [-0.39, 0.29) is 5.41 Å². The fourth-order valence-electron chi connectivity index (χ4n) is 11.6. The van der Waals surface area contributed by atoms with Crippen molar-refractivity contribution in [3.05, 3.63) is 254 Å². The normalized spacial score (nSPS) is 12.6. The van der Waals surface area contributed by atoms with Crippen LogP contribution in [-0.2, 0) is 5.41 Å². The van der Waals surface area contributed by atoms with Crippen LogP contribution >= 0.6 is 0 Å². The number of aromatic nitrogens is 1. The van der Waals surface area contributed by atoms with Gasteiger partial charge in [-0.3, -0.25) is 0 Å². The zero-order valence-corrected chi connectivity index (χ0v) is 39.3. The molecule has 0 bridgehead atoms. The molecule has 0 saturated heterocycles. The summed E-state index contributed by atoms with van der Waals surface area (Å²) in [6.45, 7) is 4.73. The number of anilines is 3. The van der Waals surface area contributed by atoms with Crippen LogP contribution in [0, 0.1) is 0 Å². The van der Waals surface area contributed by atoms with Gasteiger partial charge in [0.2, 0.25) is 0 Å². The van der Waals surface area contributed by atoms with Crippen molar-refractivity contribution in [2.24, 2.45) is 0 Å². The summed E-state index contributed by atoms with van der Waals surface area (Å²) in [5, 5.41) is 2.57. The Labute approximate surface area is 406 Å². The summed E-state index contributed by atoms with van der Waals surface area (Å²) in [5.41, 5.74) is 21.9. The molecule has 0 atom stereocenters. The highest BCUT2D eigenvalue weighted by molar-refractivity contribution is 6.09. The molecule has 0 aliphatic heterocycles. The van der Waals surface area contributed by atoms with Gasteiger partial charge >= 0.3 is 0 Å². The third kappa shape index (κ3) is 7.45. The van der Waals surface area contributed by atoms with Crippen LogP contribution in [0.3, 0.4) is 0 Å². The fourth-order valence-corrected chi connectivity index (χ4v) is 11.6. The molecule has 1 heterocycles. The monoisotopic (exact) mass is 886 g/mol. The number of rotatable bonds is 12. The van der Waals surface area contributed by atoms with E-state index >= 15 is 0 Å². The van der Waals surface area contributed by atoms with Gasteiger partial charge in [-0.05, 0) is 152 Å². The Bertz CT molecular complexity index is 3320. The van der Waals surface area contributed by atoms with E-state index in [1.54, 1.807) is 0 Å². The van der Waals surface area contributed by atoms with Crippen LogP contribution in [0.4, 0.5) is 17.1 Å². The van der Waals surface area contributed by atoms with Crippen molar-refractivity contribution in [2.45, 2.75) is 44.9 Å². The molecule has 2 nitrogen and oxygen atoms in total. The summed E-state index contributed by atoms with van der Waals surface area (Å²) < 4.78 is 2.48. The second-order valence-electron chi connectivity index (χ2n) is 18.7. The average Bonchev–Trinajstić information content (AvgIpc) is 3.89. The van der Waals surface area contributed by atoms with Crippen molar-refractivity contribution >= 4 is 38.9 Å². The van der Waals surface area contributed by atoms with Crippen LogP contribution in [0.15, 0.2) is 243 Å². The molecule has 1 aliphatic rings. The Morgan fingerprint density at radius 1 is 0.333 bits per heavy atom. The maximum atomic E-state index is 2.57. The van der Waals surface area contributed by atoms with Gasteiger partial charge in [0.1, 0.15) is 0 Å². The molecule has 0 radical (unpaired) electrons. The molecule has 0 saturated carbocycles. The van der Waals surface area contributed by atoms with Crippen molar-refractivity contribution in [3.8, 4) is 61.3 Å². The third-order valence-electron chi connectivity index (χ3n) is 14.6. The second kappa shape index (κ2) is 17.8. The quantitative estimate of drug-likeness (QED) is 0.119. The number of para-hydroxylation sites is 2. The minimum Gasteiger partial charge on any atom is -0.310 e. The minimum atomic E-state index is -0.174. The van der Waals surface area contributed by atoms with Gasteiger partial charge in [-0.1, -0.05) is 197 Å². The Balaban J connectivity index is 1.11. The predicted molar refractivity (Wildman–Crippen MR) is 293 cm³/mol. The Morgan fingerprint density at radius 2 is 0.710 bits per heavy atom. The van der Waals surface area contributed by atoms with E-state index in [4.69, 9.17) is 0 Å². The average molecular weight is 887 g/mol. The summed E-state index contributed by atoms with van der Waals surface area (Å²) in [7, 11) is 0. The van der Waals surface area contributed by atoms with E-state index < -0.39 is 0 Å². The van der Waals surface area contributed by atoms with Gasteiger partial charge in [0.25, 0.3) is 0 Å². The molecule has 0 fully saturated rings. The summed E-state index contributed by atoms with van der Waals surface area (Å²) in [6.07, 6.45) is 4.27. The lowest BCUT2D eigenvalue weighted by molar-refractivity contribution is 0.436. The first-order valence-electron chi connectivity index (χ1n) is 24.7. The summed E-state index contributed by atoms with van der Waals surface area (Å²) in [6, 6.07) is 90.1. The predicted octanol–water partition coefficient (Wildman–Crippen LogP) is 18.8. The first-order chi connectivity index (χ1) is 34.1. The van der Waals surface area contributed by atoms with Gasteiger partial charge in [-0.2, -0.15) is 0 Å². The van der Waals surface area contributed by atoms with E-state index in [0.29, 0.717) is 0 Å². The van der Waals surface area contributed by atoms with Crippen molar-refractivity contribution < 1.29 is 0 Å². The number of hydrogen-bond acceptors (Lipinski definition) is 1. The molecule has 332 valence electrons. The summed E-state index contributed by atoms with van der Waals surface area (Å²) in [4.78, 5) is 2.53. The number of fused-ring (bicyclic) bond motifs is 6. The van der Waals surface area contributed by atoms with Crippen LogP contribution in [0.5, 0.6) is 0 Å². The van der Waals surface area contributed by atoms with E-state index in [9.17, 15) is 0 Å². The van der Waals surface area contributed by atoms with Gasteiger partial charge in [0, 0.05) is 38.9 Å². The maximum absolute atomic E-state index is 2.57. The lowest BCUT2D eigenvalue weighted by Gasteiger charge is -2.34. The number of hydrogen-bond donors (Lipinski definition) is 0. The Kier molecular flexibility index (Phi) is 10.9. The van der Waals surface area contributed by atoms with Gasteiger partial charge in [0.05, 0.1) is 11.0 Å². The third-order valence-corrected chi connectivity index (χ3v) is 14.6. The summed E-state index contributed by atoms with van der Waals surface area (Å²) in [5.74, 6) is 0. The van der Waals surface area contributed by atoms with Gasteiger partial charge in [0.15, 0.2) is 0 Å². The van der Waals surface area contributed by atoms with Crippen molar-refractivity contribution in [2.75, 3.05) is 4.90 Å². The molecule has 0 unspecified atom stereocenters. The molecule has 1 aliphatic carbocycles.